The van der Waals surface area contributed by atoms with Gasteiger partial charge in [0.05, 0.1) is 6.10 Å². The van der Waals surface area contributed by atoms with Gasteiger partial charge in [-0.05, 0) is 37.1 Å². The van der Waals surface area contributed by atoms with Crippen molar-refractivity contribution in [2.24, 2.45) is 5.73 Å². The van der Waals surface area contributed by atoms with Crippen molar-refractivity contribution < 1.29 is 14.6 Å². The molecule has 0 aromatic heterocycles. The monoisotopic (exact) mass is 199 g/mol. The van der Waals surface area contributed by atoms with E-state index in [2.05, 4.69) is 0 Å². The number of hydrogen-bond donors (Lipinski definition) is 3. The number of rotatable bonds is 2. The first-order chi connectivity index (χ1) is 6.43. The molecule has 0 radical (unpaired) electrons. The van der Waals surface area contributed by atoms with Gasteiger partial charge < -0.3 is 15.9 Å². The maximum atomic E-state index is 13.0. The molecule has 2 atom stereocenters. The number of aromatic hydroxyl groups is 1. The average molecular weight is 199 g/mol. The summed E-state index contributed by atoms with van der Waals surface area (Å²) in [5.41, 5.74) is 6.52. The predicted molar refractivity (Wildman–Crippen MR) is 51.4 cm³/mol. The molecule has 14 heavy (non-hydrogen) atoms. The van der Waals surface area contributed by atoms with Crippen molar-refractivity contribution in [3.8, 4) is 5.75 Å². The van der Waals surface area contributed by atoms with Crippen LogP contribution in [-0.4, -0.2) is 16.3 Å². The number of aliphatic hydroxyl groups excluding tert-OH is 1. The number of hydrogen-bond acceptors (Lipinski definition) is 3. The highest BCUT2D eigenvalue weighted by molar-refractivity contribution is 5.37. The third-order valence-electron chi connectivity index (χ3n) is 2.15. The summed E-state index contributed by atoms with van der Waals surface area (Å²) in [6, 6.07) is 1.91. The summed E-state index contributed by atoms with van der Waals surface area (Å²) >= 11 is 0. The molecule has 1 aromatic rings. The Morgan fingerprint density at radius 1 is 1.43 bits per heavy atom. The summed E-state index contributed by atoms with van der Waals surface area (Å²) in [4.78, 5) is 0. The highest BCUT2D eigenvalue weighted by Crippen LogP contribution is 2.26. The van der Waals surface area contributed by atoms with E-state index in [0.29, 0.717) is 11.1 Å². The summed E-state index contributed by atoms with van der Waals surface area (Å²) in [7, 11) is 0. The first-order valence-electron chi connectivity index (χ1n) is 4.36. The SMILES string of the molecule is Cc1cc(O)c(F)cc1C(O)C(C)N. The molecule has 0 aliphatic rings. The Kier molecular flexibility index (Phi) is 3.08. The second kappa shape index (κ2) is 3.94. The molecule has 1 rings (SSSR count). The van der Waals surface area contributed by atoms with Crippen LogP contribution in [0.3, 0.4) is 0 Å². The van der Waals surface area contributed by atoms with Crippen molar-refractivity contribution in [2.45, 2.75) is 26.0 Å². The van der Waals surface area contributed by atoms with Gasteiger partial charge >= 0.3 is 0 Å². The van der Waals surface area contributed by atoms with Crippen LogP contribution < -0.4 is 5.73 Å². The van der Waals surface area contributed by atoms with Crippen molar-refractivity contribution >= 4 is 0 Å². The van der Waals surface area contributed by atoms with Gasteiger partial charge in [0, 0.05) is 6.04 Å². The minimum atomic E-state index is -0.912. The molecule has 0 saturated heterocycles. The Balaban J connectivity index is 3.15. The molecule has 0 saturated carbocycles. The predicted octanol–water partition coefficient (Wildman–Crippen LogP) is 1.22. The van der Waals surface area contributed by atoms with Crippen molar-refractivity contribution in [3.05, 3.63) is 29.1 Å². The lowest BCUT2D eigenvalue weighted by atomic mass is 9.99. The molecule has 78 valence electrons. The molecule has 0 aliphatic carbocycles. The quantitative estimate of drug-likeness (QED) is 0.671. The zero-order chi connectivity index (χ0) is 10.9. The standard InChI is InChI=1S/C10H14FNO2/c1-5-3-9(13)8(11)4-7(5)10(14)6(2)12/h3-4,6,10,13-14H,12H2,1-2H3. The van der Waals surface area contributed by atoms with Crippen molar-refractivity contribution in [1.29, 1.82) is 0 Å². The Morgan fingerprint density at radius 2 is 2.00 bits per heavy atom. The lowest BCUT2D eigenvalue weighted by molar-refractivity contribution is 0.152. The fourth-order valence-electron chi connectivity index (χ4n) is 1.28. The summed E-state index contributed by atoms with van der Waals surface area (Å²) in [6.07, 6.45) is -0.912. The molecule has 0 fully saturated rings. The molecule has 0 amide bonds. The van der Waals surface area contributed by atoms with Gasteiger partial charge in [0.15, 0.2) is 11.6 Å². The van der Waals surface area contributed by atoms with Crippen LogP contribution in [0.5, 0.6) is 5.75 Å². The zero-order valence-corrected chi connectivity index (χ0v) is 8.16. The van der Waals surface area contributed by atoms with E-state index >= 15 is 0 Å². The summed E-state index contributed by atoms with van der Waals surface area (Å²) in [5.74, 6) is -1.16. The number of phenolic OH excluding ortho intramolecular Hbond substituents is 1. The van der Waals surface area contributed by atoms with Gasteiger partial charge in [-0.3, -0.25) is 0 Å². The molecule has 4 N–H and O–H groups in total. The van der Waals surface area contributed by atoms with Gasteiger partial charge in [-0.2, -0.15) is 0 Å². The van der Waals surface area contributed by atoms with E-state index in [1.54, 1.807) is 13.8 Å². The lowest BCUT2D eigenvalue weighted by Gasteiger charge is -2.17. The fourth-order valence-corrected chi connectivity index (χ4v) is 1.28. The van der Waals surface area contributed by atoms with E-state index < -0.39 is 23.7 Å². The van der Waals surface area contributed by atoms with Gasteiger partial charge in [0.2, 0.25) is 0 Å². The van der Waals surface area contributed by atoms with Crippen LogP contribution in [0, 0.1) is 12.7 Å². The van der Waals surface area contributed by atoms with Crippen LogP contribution in [0.1, 0.15) is 24.2 Å². The van der Waals surface area contributed by atoms with Crippen LogP contribution in [-0.2, 0) is 0 Å². The van der Waals surface area contributed by atoms with E-state index in [1.165, 1.54) is 6.07 Å². The molecular weight excluding hydrogens is 185 g/mol. The van der Waals surface area contributed by atoms with Gasteiger partial charge in [-0.15, -0.1) is 0 Å². The normalized spacial score (nSPS) is 15.2. The molecule has 3 nitrogen and oxygen atoms in total. The smallest absolute Gasteiger partial charge is 0.165 e. The third-order valence-corrected chi connectivity index (χ3v) is 2.15. The Hall–Kier alpha value is -1.13. The van der Waals surface area contributed by atoms with Gasteiger partial charge in [-0.1, -0.05) is 0 Å². The van der Waals surface area contributed by atoms with Crippen LogP contribution in [0.2, 0.25) is 0 Å². The maximum absolute atomic E-state index is 13.0. The average Bonchev–Trinajstić information content (AvgIpc) is 2.10. The van der Waals surface area contributed by atoms with E-state index in [1.807, 2.05) is 0 Å². The van der Waals surface area contributed by atoms with E-state index in [9.17, 15) is 9.50 Å². The molecule has 0 aliphatic heterocycles. The molecule has 0 heterocycles. The highest BCUT2D eigenvalue weighted by atomic mass is 19.1. The number of aliphatic hydroxyl groups is 1. The summed E-state index contributed by atoms with van der Waals surface area (Å²) in [6.45, 7) is 3.31. The first-order valence-corrected chi connectivity index (χ1v) is 4.36. The number of halogens is 1. The highest BCUT2D eigenvalue weighted by Gasteiger charge is 2.17. The van der Waals surface area contributed by atoms with Crippen LogP contribution in [0.25, 0.3) is 0 Å². The van der Waals surface area contributed by atoms with Crippen molar-refractivity contribution in [2.75, 3.05) is 0 Å². The Bertz CT molecular complexity index is 339. The molecular formula is C10H14FNO2. The van der Waals surface area contributed by atoms with Crippen LogP contribution in [0.4, 0.5) is 4.39 Å². The second-order valence-electron chi connectivity index (χ2n) is 3.46. The molecule has 4 heteroatoms. The third kappa shape index (κ3) is 2.02. The number of phenols is 1. The van der Waals surface area contributed by atoms with E-state index in [0.717, 1.165) is 6.07 Å². The van der Waals surface area contributed by atoms with Gasteiger partial charge in [-0.25, -0.2) is 4.39 Å². The van der Waals surface area contributed by atoms with Gasteiger partial charge in [0.25, 0.3) is 0 Å². The van der Waals surface area contributed by atoms with Crippen LogP contribution in [0.15, 0.2) is 12.1 Å². The minimum Gasteiger partial charge on any atom is -0.505 e. The summed E-state index contributed by atoms with van der Waals surface area (Å²) in [5, 5.41) is 18.7. The Morgan fingerprint density at radius 3 is 2.50 bits per heavy atom. The maximum Gasteiger partial charge on any atom is 0.165 e. The summed E-state index contributed by atoms with van der Waals surface area (Å²) < 4.78 is 13.0. The van der Waals surface area contributed by atoms with Gasteiger partial charge in [0.1, 0.15) is 0 Å². The molecule has 0 bridgehead atoms. The van der Waals surface area contributed by atoms with Crippen molar-refractivity contribution in [3.63, 3.8) is 0 Å². The van der Waals surface area contributed by atoms with Crippen LogP contribution >= 0.6 is 0 Å². The Labute approximate surface area is 82.0 Å². The largest absolute Gasteiger partial charge is 0.505 e. The zero-order valence-electron chi connectivity index (χ0n) is 8.16. The number of aryl methyl sites for hydroxylation is 1. The topological polar surface area (TPSA) is 66.5 Å². The molecule has 2 unspecified atom stereocenters. The first kappa shape index (κ1) is 10.9. The van der Waals surface area contributed by atoms with Crippen molar-refractivity contribution in [1.82, 2.24) is 0 Å². The fraction of sp³-hybridized carbons (Fsp3) is 0.400. The van der Waals surface area contributed by atoms with E-state index in [-0.39, 0.29) is 0 Å². The molecule has 0 spiro atoms. The second-order valence-corrected chi connectivity index (χ2v) is 3.46. The minimum absolute atomic E-state index is 0.412. The molecule has 1 aromatic carbocycles. The number of nitrogens with two attached hydrogens (primary N) is 1. The van der Waals surface area contributed by atoms with E-state index in [4.69, 9.17) is 10.8 Å². The lowest BCUT2D eigenvalue weighted by Crippen LogP contribution is -2.25. The number of benzene rings is 1.